The van der Waals surface area contributed by atoms with Gasteiger partial charge in [-0.25, -0.2) is 0 Å². The maximum Gasteiger partial charge on any atom is 1.00 e. The van der Waals surface area contributed by atoms with E-state index in [1.807, 2.05) is 0 Å². The molecule has 48 heavy (non-hydrogen) atoms. The van der Waals surface area contributed by atoms with Crippen molar-refractivity contribution in [3.63, 3.8) is 0 Å². The van der Waals surface area contributed by atoms with Crippen LogP contribution in [0, 0.1) is 0 Å². The molecule has 0 bridgehead atoms. The zero-order chi connectivity index (χ0) is 32.9. The number of rotatable bonds is 7. The van der Waals surface area contributed by atoms with Crippen molar-refractivity contribution in [3.8, 4) is 17.2 Å². The Bertz CT molecular complexity index is 2460. The van der Waals surface area contributed by atoms with Gasteiger partial charge in [0.2, 0.25) is 0 Å². The van der Waals surface area contributed by atoms with Crippen molar-refractivity contribution >= 4 is 74.6 Å². The van der Waals surface area contributed by atoms with Crippen molar-refractivity contribution in [2.75, 3.05) is 0 Å². The fraction of sp³-hybridized carbons (Fsp3) is 0. The van der Waals surface area contributed by atoms with Gasteiger partial charge in [0.1, 0.15) is 4.90 Å². The topological polar surface area (TPSA) is 282 Å². The van der Waals surface area contributed by atoms with Gasteiger partial charge >= 0.3 is 88.7 Å². The average Bonchev–Trinajstić information content (AvgIpc) is 2.94. The van der Waals surface area contributed by atoms with Gasteiger partial charge in [-0.3, -0.25) is 13.7 Å². The van der Waals surface area contributed by atoms with Crippen LogP contribution in [0.2, 0.25) is 0 Å². The molecule has 0 amide bonds. The van der Waals surface area contributed by atoms with Crippen molar-refractivity contribution in [1.29, 1.82) is 0 Å². The third-order valence-electron chi connectivity index (χ3n) is 6.25. The van der Waals surface area contributed by atoms with Gasteiger partial charge in [0.15, 0.2) is 0 Å². The Labute approximate surface area is 338 Å². The third-order valence-corrected chi connectivity index (χ3v) is 8.82. The predicted octanol–water partition coefficient (Wildman–Crippen LogP) is -5.20. The molecule has 0 atom stereocenters. The molecule has 0 fully saturated rings. The first-order valence-corrected chi connectivity index (χ1v) is 16.3. The van der Waals surface area contributed by atoms with E-state index in [0.717, 1.165) is 30.3 Å². The molecule has 3 N–H and O–H groups in total. The van der Waals surface area contributed by atoms with Gasteiger partial charge in [-0.2, -0.15) is 35.5 Å². The summed E-state index contributed by atoms with van der Waals surface area (Å²) < 4.78 is 98.7. The number of nitrogens with zero attached hydrogens (tertiary/aromatic N) is 4. The van der Waals surface area contributed by atoms with E-state index in [9.17, 15) is 54.2 Å². The molecule has 0 aliphatic heterocycles. The number of azo groups is 2. The zero-order valence-electron chi connectivity index (χ0n) is 25.0. The molecule has 5 rings (SSSR count). The monoisotopic (exact) mass is 740 g/mol. The molecule has 5 aromatic rings. The van der Waals surface area contributed by atoms with Crippen LogP contribution in [-0.4, -0.2) is 38.9 Å². The number of fused-ring (bicyclic) bond motifs is 2. The zero-order valence-corrected chi connectivity index (χ0v) is 33.4. The normalized spacial score (nSPS) is 12.1. The Morgan fingerprint density at radius 2 is 0.958 bits per heavy atom. The molecule has 0 saturated heterocycles. The van der Waals surface area contributed by atoms with Gasteiger partial charge in [0.25, 0.3) is 30.4 Å². The van der Waals surface area contributed by atoms with Crippen LogP contribution >= 0.6 is 0 Å². The van der Waals surface area contributed by atoms with E-state index in [-0.39, 0.29) is 121 Å². The molecule has 0 aliphatic carbocycles. The molecular formula is C26H15N4Na3O12S3. The molecule has 16 nitrogen and oxygen atoms in total. The first kappa shape index (κ1) is 42.1. The van der Waals surface area contributed by atoms with Gasteiger partial charge in [0.05, 0.1) is 32.5 Å². The minimum absolute atomic E-state index is 0. The van der Waals surface area contributed by atoms with Crippen molar-refractivity contribution < 1.29 is 143 Å². The summed E-state index contributed by atoms with van der Waals surface area (Å²) in [6, 6.07) is 12.6. The Kier molecular flexibility index (Phi) is 13.9. The molecule has 0 heterocycles. The number of hydrogen-bond acceptors (Lipinski definition) is 13. The van der Waals surface area contributed by atoms with E-state index in [1.54, 1.807) is 6.07 Å². The molecule has 0 radical (unpaired) electrons. The summed E-state index contributed by atoms with van der Waals surface area (Å²) in [7, 11) is -14.4. The van der Waals surface area contributed by atoms with Gasteiger partial charge in [-0.05, 0) is 47.9 Å². The fourth-order valence-electron chi connectivity index (χ4n) is 4.26. The summed E-state index contributed by atoms with van der Waals surface area (Å²) in [5.74, 6) is -2.88. The van der Waals surface area contributed by atoms with E-state index in [2.05, 4.69) is 20.5 Å². The first-order valence-electron chi connectivity index (χ1n) is 12.0. The molecule has 0 unspecified atom stereocenters. The van der Waals surface area contributed by atoms with Crippen molar-refractivity contribution in [2.45, 2.75) is 14.7 Å². The van der Waals surface area contributed by atoms with Gasteiger partial charge in [0, 0.05) is 16.2 Å². The van der Waals surface area contributed by atoms with Gasteiger partial charge in [-0.1, -0.05) is 47.6 Å². The SMILES string of the molecule is O=S(=O)(O)c1cc([O-])c2c(N=Nc3cc(N=Nc4ccc(S(=O)(=O)O)c5ccccc45)c([O-])cc3[O-])cc(S(=O)(=O)O)cc2c1.[Na+].[Na+].[Na+]. The Hall–Kier alpha value is -2.05. The second-order valence-electron chi connectivity index (χ2n) is 9.20. The summed E-state index contributed by atoms with van der Waals surface area (Å²) >= 11 is 0. The first-order chi connectivity index (χ1) is 20.9. The Morgan fingerprint density at radius 3 is 1.48 bits per heavy atom. The Balaban J connectivity index is 0.00000267. The van der Waals surface area contributed by atoms with E-state index < -0.39 is 74.5 Å². The quantitative estimate of drug-likeness (QED) is 0.0802. The molecular weight excluding hydrogens is 725 g/mol. The summed E-state index contributed by atoms with van der Waals surface area (Å²) in [4.78, 5) is -2.07. The minimum Gasteiger partial charge on any atom is -0.872 e. The number of benzene rings is 5. The predicted molar refractivity (Wildman–Crippen MR) is 150 cm³/mol. The molecule has 5 aromatic carbocycles. The molecule has 0 aliphatic rings. The minimum atomic E-state index is -4.94. The van der Waals surface area contributed by atoms with Crippen LogP contribution < -0.4 is 104 Å². The standard InChI is InChI=1S/C26H18N4O12S3.3Na/c31-22-12-23(32)20(11-19(22)28-27-18-5-6-25(45(40,41)42)17-4-2-1-3-16(17)18)29-30-21-9-14(43(34,35)36)7-13-8-15(44(37,38)39)10-24(33)26(13)21;;;/h1-12,31-33H,(H,34,35,36)(H,37,38,39)(H,40,41,42);;;/q;3*+1/p-3. The summed E-state index contributed by atoms with van der Waals surface area (Å²) in [5, 5.41) is 52.6. The molecule has 232 valence electrons. The summed E-state index contributed by atoms with van der Waals surface area (Å²) in [6.45, 7) is 0. The largest absolute Gasteiger partial charge is 1.00 e. The van der Waals surface area contributed by atoms with Crippen LogP contribution in [0.15, 0.2) is 108 Å². The van der Waals surface area contributed by atoms with Gasteiger partial charge < -0.3 is 15.3 Å². The molecule has 0 aromatic heterocycles. The smallest absolute Gasteiger partial charge is 0.872 e. The average molecular weight is 741 g/mol. The van der Waals surface area contributed by atoms with Crippen LogP contribution in [0.5, 0.6) is 17.2 Å². The molecule has 22 heteroatoms. The van der Waals surface area contributed by atoms with Gasteiger partial charge in [-0.15, -0.1) is 10.2 Å². The van der Waals surface area contributed by atoms with Crippen LogP contribution in [0.3, 0.4) is 0 Å². The second kappa shape index (κ2) is 15.9. The van der Waals surface area contributed by atoms with E-state index in [4.69, 9.17) is 0 Å². The maximum absolute atomic E-state index is 12.7. The second-order valence-corrected chi connectivity index (χ2v) is 13.4. The van der Waals surface area contributed by atoms with Crippen molar-refractivity contribution in [3.05, 3.63) is 72.8 Å². The van der Waals surface area contributed by atoms with Crippen LogP contribution in [0.1, 0.15) is 0 Å². The van der Waals surface area contributed by atoms with Crippen molar-refractivity contribution in [2.24, 2.45) is 20.5 Å². The van der Waals surface area contributed by atoms with E-state index >= 15 is 0 Å². The van der Waals surface area contributed by atoms with Crippen LogP contribution in [0.4, 0.5) is 22.7 Å². The van der Waals surface area contributed by atoms with Crippen LogP contribution in [-0.2, 0) is 30.4 Å². The fourth-order valence-corrected chi connectivity index (χ4v) is 6.02. The Morgan fingerprint density at radius 1 is 0.479 bits per heavy atom. The number of hydrogen-bond donors (Lipinski definition) is 3. The van der Waals surface area contributed by atoms with Crippen molar-refractivity contribution in [1.82, 2.24) is 0 Å². The summed E-state index contributed by atoms with van der Waals surface area (Å²) in [6.07, 6.45) is 0. The molecule has 0 saturated carbocycles. The van der Waals surface area contributed by atoms with E-state index in [1.165, 1.54) is 24.3 Å². The maximum atomic E-state index is 12.7. The summed E-state index contributed by atoms with van der Waals surface area (Å²) in [5.41, 5.74) is -1.38. The van der Waals surface area contributed by atoms with Crippen LogP contribution in [0.25, 0.3) is 21.5 Å². The third kappa shape index (κ3) is 9.19. The molecule has 0 spiro atoms. The van der Waals surface area contributed by atoms with E-state index in [0.29, 0.717) is 12.1 Å².